The summed E-state index contributed by atoms with van der Waals surface area (Å²) in [7, 11) is 5.06. The summed E-state index contributed by atoms with van der Waals surface area (Å²) >= 11 is 0. The Morgan fingerprint density at radius 3 is 1.05 bits per heavy atom. The van der Waals surface area contributed by atoms with E-state index in [0.29, 0.717) is 0 Å². The molecule has 4 heteroatoms. The predicted molar refractivity (Wildman–Crippen MR) is 76.3 cm³/mol. The smallest absolute Gasteiger partial charge is 0.0892 e. The number of nitrogens with zero attached hydrogens (tertiary/aromatic N) is 2. The van der Waals surface area contributed by atoms with E-state index < -0.39 is 0 Å². The van der Waals surface area contributed by atoms with Crippen LogP contribution in [-0.4, -0.2) is 61.3 Å². The molecule has 20 heavy (non-hydrogen) atoms. The minimum absolute atomic E-state index is 0. The van der Waals surface area contributed by atoms with Crippen molar-refractivity contribution in [2.75, 3.05) is 40.3 Å². The molecule has 0 aromatic heterocycles. The van der Waals surface area contributed by atoms with E-state index in [0.717, 1.165) is 12.1 Å². The number of hydrogen-bond acceptors (Lipinski definition) is 0. The van der Waals surface area contributed by atoms with Crippen LogP contribution in [0.15, 0.2) is 0 Å². The molecule has 0 unspecified atom stereocenters. The molecule has 0 bridgehead atoms. The zero-order valence-electron chi connectivity index (χ0n) is 13.3. The van der Waals surface area contributed by atoms with Crippen molar-refractivity contribution in [2.24, 2.45) is 0 Å². The molecule has 0 aromatic rings. The summed E-state index contributed by atoms with van der Waals surface area (Å²) in [5.41, 5.74) is 0. The number of quaternary nitrogens is 2. The molecule has 0 radical (unpaired) electrons. The highest BCUT2D eigenvalue weighted by Crippen LogP contribution is 2.36. The highest BCUT2D eigenvalue weighted by molar-refractivity contribution is 4.77. The van der Waals surface area contributed by atoms with E-state index in [1.165, 1.54) is 86.5 Å². The quantitative estimate of drug-likeness (QED) is 0.274. The highest BCUT2D eigenvalue weighted by Gasteiger charge is 2.43. The number of hydrogen-bond donors (Lipinski definition) is 0. The molecule has 0 amide bonds. The van der Waals surface area contributed by atoms with Crippen LogP contribution in [0.3, 0.4) is 0 Å². The Balaban J connectivity index is 0.000001000. The van der Waals surface area contributed by atoms with Gasteiger partial charge < -0.3 is 56.9 Å². The second-order valence-electron chi connectivity index (χ2n) is 7.73. The van der Waals surface area contributed by atoms with Gasteiger partial charge in [0.25, 0.3) is 0 Å². The fourth-order valence-electron chi connectivity index (χ4n) is 5.15. The van der Waals surface area contributed by atoms with Gasteiger partial charge in [-0.1, -0.05) is 0 Å². The molecule has 2 nitrogen and oxygen atoms in total. The van der Waals surface area contributed by atoms with Gasteiger partial charge in [-0.25, -0.2) is 0 Å². The maximum Gasteiger partial charge on any atom is 0.0892 e. The van der Waals surface area contributed by atoms with Gasteiger partial charge in [0.2, 0.25) is 0 Å². The van der Waals surface area contributed by atoms with Crippen molar-refractivity contribution in [2.45, 2.75) is 63.5 Å². The molecule has 1 saturated carbocycles. The van der Waals surface area contributed by atoms with E-state index >= 15 is 0 Å². The topological polar surface area (TPSA) is 0 Å². The predicted octanol–water partition coefficient (Wildman–Crippen LogP) is -3.21. The normalized spacial score (nSPS) is 35.1. The van der Waals surface area contributed by atoms with Crippen LogP contribution in [0, 0.1) is 0 Å². The van der Waals surface area contributed by atoms with Gasteiger partial charge in [0.05, 0.1) is 52.4 Å². The minimum atomic E-state index is 0. The van der Waals surface area contributed by atoms with E-state index in [9.17, 15) is 0 Å². The molecule has 3 aliphatic rings. The van der Waals surface area contributed by atoms with E-state index in [1.54, 1.807) is 0 Å². The lowest BCUT2D eigenvalue weighted by Gasteiger charge is -2.46. The third-order valence-electron chi connectivity index (χ3n) is 6.61. The second kappa shape index (κ2) is 7.77. The average Bonchev–Trinajstić information content (AvgIpc) is 3.01. The SMILES string of the molecule is C[N+]1([C@H]2CC[C@H]([N+]3(C)CCCC3)CC2)CCCC1.[I-].[I-]. The van der Waals surface area contributed by atoms with E-state index in [2.05, 4.69) is 14.1 Å². The standard InChI is InChI=1S/C16H32N2.2HI/c1-17(11-3-4-12-17)15-7-9-16(10-8-15)18(2)13-5-6-14-18;;/h15-16H,3-14H2,1-2H3;2*1H/q+2;;/p-2/t15-,16-;;. The lowest BCUT2D eigenvalue weighted by molar-refractivity contribution is -0.937. The molecule has 1 aliphatic carbocycles. The van der Waals surface area contributed by atoms with Crippen LogP contribution in [0.25, 0.3) is 0 Å². The zero-order valence-corrected chi connectivity index (χ0v) is 17.6. The van der Waals surface area contributed by atoms with Crippen molar-refractivity contribution in [3.63, 3.8) is 0 Å². The van der Waals surface area contributed by atoms with Crippen LogP contribution >= 0.6 is 0 Å². The van der Waals surface area contributed by atoms with Gasteiger partial charge in [0, 0.05) is 51.4 Å². The molecular weight excluding hydrogens is 474 g/mol. The van der Waals surface area contributed by atoms with Crippen molar-refractivity contribution in [1.29, 1.82) is 0 Å². The fraction of sp³-hybridized carbons (Fsp3) is 1.00. The first-order valence-electron chi connectivity index (χ1n) is 8.31. The first-order chi connectivity index (χ1) is 8.62. The average molecular weight is 506 g/mol. The molecule has 3 fully saturated rings. The van der Waals surface area contributed by atoms with Gasteiger partial charge in [-0.05, 0) is 0 Å². The molecule has 0 N–H and O–H groups in total. The summed E-state index contributed by atoms with van der Waals surface area (Å²) in [6.07, 6.45) is 11.9. The van der Waals surface area contributed by atoms with Gasteiger partial charge in [-0.15, -0.1) is 0 Å². The number of rotatable bonds is 2. The summed E-state index contributed by atoms with van der Waals surface area (Å²) in [6.45, 7) is 5.84. The summed E-state index contributed by atoms with van der Waals surface area (Å²) in [5.74, 6) is 0. The van der Waals surface area contributed by atoms with Crippen LogP contribution in [0.1, 0.15) is 51.4 Å². The van der Waals surface area contributed by atoms with Gasteiger partial charge >= 0.3 is 0 Å². The van der Waals surface area contributed by atoms with Crippen LogP contribution in [-0.2, 0) is 0 Å². The molecule has 2 heterocycles. The van der Waals surface area contributed by atoms with Crippen molar-refractivity contribution >= 4 is 0 Å². The Hall–Kier alpha value is 1.38. The molecule has 0 atom stereocenters. The number of halogens is 2. The van der Waals surface area contributed by atoms with E-state index in [4.69, 9.17) is 0 Å². The van der Waals surface area contributed by atoms with Crippen molar-refractivity contribution < 1.29 is 56.9 Å². The van der Waals surface area contributed by atoms with Crippen molar-refractivity contribution in [3.05, 3.63) is 0 Å². The Labute approximate surface area is 159 Å². The first kappa shape index (κ1) is 19.4. The Morgan fingerprint density at radius 2 is 0.800 bits per heavy atom. The zero-order chi connectivity index (χ0) is 12.6. The van der Waals surface area contributed by atoms with Crippen molar-refractivity contribution in [1.82, 2.24) is 0 Å². The lowest BCUT2D eigenvalue weighted by Crippen LogP contribution is -3.00. The number of likely N-dealkylation sites (tertiary alicyclic amines) is 2. The lowest BCUT2D eigenvalue weighted by atomic mass is 9.87. The Morgan fingerprint density at radius 1 is 0.550 bits per heavy atom. The van der Waals surface area contributed by atoms with Gasteiger partial charge in [0.1, 0.15) is 0 Å². The minimum Gasteiger partial charge on any atom is -1.00 e. The molecule has 3 rings (SSSR count). The molecule has 0 aromatic carbocycles. The molecular formula is C16H32I2N2. The largest absolute Gasteiger partial charge is 1.00 e. The van der Waals surface area contributed by atoms with E-state index in [-0.39, 0.29) is 48.0 Å². The van der Waals surface area contributed by atoms with Crippen LogP contribution < -0.4 is 48.0 Å². The second-order valence-corrected chi connectivity index (χ2v) is 7.73. The maximum atomic E-state index is 2.53. The van der Waals surface area contributed by atoms with Crippen LogP contribution in [0.5, 0.6) is 0 Å². The van der Waals surface area contributed by atoms with Gasteiger partial charge in [0.15, 0.2) is 0 Å². The molecule has 0 spiro atoms. The highest BCUT2D eigenvalue weighted by atomic mass is 127. The molecule has 2 aliphatic heterocycles. The Bertz CT molecular complexity index is 259. The first-order valence-corrected chi connectivity index (χ1v) is 8.31. The van der Waals surface area contributed by atoms with E-state index in [1.807, 2.05) is 0 Å². The fourth-order valence-corrected chi connectivity index (χ4v) is 5.15. The monoisotopic (exact) mass is 506 g/mol. The van der Waals surface area contributed by atoms with Crippen molar-refractivity contribution in [3.8, 4) is 0 Å². The third-order valence-corrected chi connectivity index (χ3v) is 6.61. The Kier molecular flexibility index (Phi) is 7.55. The third kappa shape index (κ3) is 3.82. The maximum absolute atomic E-state index is 2.53. The summed E-state index contributed by atoms with van der Waals surface area (Å²) in [5, 5.41) is 0. The van der Waals surface area contributed by atoms with Gasteiger partial charge in [-0.3, -0.25) is 0 Å². The summed E-state index contributed by atoms with van der Waals surface area (Å²) < 4.78 is 2.83. The molecule has 120 valence electrons. The van der Waals surface area contributed by atoms with Crippen LogP contribution in [0.4, 0.5) is 0 Å². The summed E-state index contributed by atoms with van der Waals surface area (Å²) in [6, 6.07) is 2.00. The molecule has 2 saturated heterocycles. The van der Waals surface area contributed by atoms with Crippen LogP contribution in [0.2, 0.25) is 0 Å². The van der Waals surface area contributed by atoms with Gasteiger partial charge in [-0.2, -0.15) is 0 Å². The summed E-state index contributed by atoms with van der Waals surface area (Å²) in [4.78, 5) is 0.